The van der Waals surface area contributed by atoms with Crippen molar-refractivity contribution in [1.29, 1.82) is 0 Å². The molecule has 1 unspecified atom stereocenters. The van der Waals surface area contributed by atoms with Crippen LogP contribution in [-0.2, 0) is 4.74 Å². The minimum absolute atomic E-state index is 0.211. The van der Waals surface area contributed by atoms with Gasteiger partial charge in [-0.15, -0.1) is 0 Å². The minimum atomic E-state index is 0.211. The highest BCUT2D eigenvalue weighted by Gasteiger charge is 2.12. The molecule has 1 aliphatic rings. The predicted octanol–water partition coefficient (Wildman–Crippen LogP) is 0.571. The van der Waals surface area contributed by atoms with Gasteiger partial charge in [-0.25, -0.2) is 0 Å². The molecule has 0 radical (unpaired) electrons. The Morgan fingerprint density at radius 3 is 3.11 bits per heavy atom. The van der Waals surface area contributed by atoms with E-state index in [4.69, 9.17) is 9.84 Å². The summed E-state index contributed by atoms with van der Waals surface area (Å²) in [6.07, 6.45) is 2.02. The molecule has 9 heavy (non-hydrogen) atoms. The summed E-state index contributed by atoms with van der Waals surface area (Å²) in [6, 6.07) is 0. The number of hydrogen-bond donors (Lipinski definition) is 1. The lowest BCUT2D eigenvalue weighted by atomic mass is 10.0. The van der Waals surface area contributed by atoms with Gasteiger partial charge in [0.25, 0.3) is 0 Å². The lowest BCUT2D eigenvalue weighted by Crippen LogP contribution is -2.19. The molecular weight excluding hydrogens is 116 g/mol. The second kappa shape index (κ2) is 2.99. The van der Waals surface area contributed by atoms with Gasteiger partial charge in [-0.3, -0.25) is 0 Å². The lowest BCUT2D eigenvalue weighted by molar-refractivity contribution is 0.0910. The molecule has 2 nitrogen and oxygen atoms in total. The smallest absolute Gasteiger partial charge is 0.0650 e. The van der Waals surface area contributed by atoms with Crippen LogP contribution in [0.15, 0.2) is 11.6 Å². The molecule has 0 aromatic rings. The third-order valence-electron chi connectivity index (χ3n) is 1.71. The topological polar surface area (TPSA) is 29.5 Å². The Labute approximate surface area is 55.1 Å². The largest absolute Gasteiger partial charge is 0.396 e. The van der Waals surface area contributed by atoms with Crippen molar-refractivity contribution in [3.63, 3.8) is 0 Å². The molecule has 0 aliphatic carbocycles. The van der Waals surface area contributed by atoms with Crippen LogP contribution in [0.4, 0.5) is 0 Å². The number of rotatable bonds is 1. The quantitative estimate of drug-likeness (QED) is 0.523. The van der Waals surface area contributed by atoms with Crippen molar-refractivity contribution in [3.05, 3.63) is 11.6 Å². The van der Waals surface area contributed by atoms with Crippen LogP contribution in [0.5, 0.6) is 0 Å². The second-order valence-electron chi connectivity index (χ2n) is 2.37. The van der Waals surface area contributed by atoms with Gasteiger partial charge in [0, 0.05) is 5.92 Å². The number of hydrogen-bond acceptors (Lipinski definition) is 2. The van der Waals surface area contributed by atoms with E-state index in [0.717, 1.165) is 0 Å². The normalized spacial score (nSPS) is 27.8. The van der Waals surface area contributed by atoms with Crippen molar-refractivity contribution in [3.8, 4) is 0 Å². The van der Waals surface area contributed by atoms with E-state index in [9.17, 15) is 0 Å². The number of aliphatic hydroxyl groups excluding tert-OH is 1. The molecule has 0 saturated heterocycles. The Balaban J connectivity index is 2.50. The highest BCUT2D eigenvalue weighted by Crippen LogP contribution is 2.13. The molecule has 1 aliphatic heterocycles. The summed E-state index contributed by atoms with van der Waals surface area (Å²) in [7, 11) is 0. The van der Waals surface area contributed by atoms with Gasteiger partial charge in [0.2, 0.25) is 0 Å². The van der Waals surface area contributed by atoms with Crippen molar-refractivity contribution in [2.45, 2.75) is 6.92 Å². The Bertz CT molecular complexity index is 118. The fourth-order valence-corrected chi connectivity index (χ4v) is 0.895. The fourth-order valence-electron chi connectivity index (χ4n) is 0.895. The van der Waals surface area contributed by atoms with Crippen LogP contribution in [0.25, 0.3) is 0 Å². The van der Waals surface area contributed by atoms with Crippen LogP contribution >= 0.6 is 0 Å². The third kappa shape index (κ3) is 1.53. The van der Waals surface area contributed by atoms with Crippen molar-refractivity contribution >= 4 is 0 Å². The van der Waals surface area contributed by atoms with Crippen LogP contribution in [-0.4, -0.2) is 24.9 Å². The monoisotopic (exact) mass is 128 g/mol. The molecule has 0 bridgehead atoms. The molecule has 1 rings (SSSR count). The Kier molecular flexibility index (Phi) is 2.25. The Morgan fingerprint density at radius 2 is 2.67 bits per heavy atom. The van der Waals surface area contributed by atoms with Gasteiger partial charge in [-0.1, -0.05) is 11.6 Å². The molecule has 0 spiro atoms. The van der Waals surface area contributed by atoms with Crippen molar-refractivity contribution in [2.75, 3.05) is 19.8 Å². The average molecular weight is 128 g/mol. The molecular formula is C7H12O2. The maximum absolute atomic E-state index is 8.74. The number of aliphatic hydroxyl groups is 1. The first-order valence-electron chi connectivity index (χ1n) is 3.20. The molecule has 2 heteroatoms. The van der Waals surface area contributed by atoms with E-state index in [1.807, 2.05) is 13.0 Å². The molecule has 0 fully saturated rings. The van der Waals surface area contributed by atoms with Gasteiger partial charge < -0.3 is 9.84 Å². The Morgan fingerprint density at radius 1 is 1.89 bits per heavy atom. The summed E-state index contributed by atoms with van der Waals surface area (Å²) in [5.41, 5.74) is 1.25. The van der Waals surface area contributed by atoms with Crippen LogP contribution in [0.1, 0.15) is 6.92 Å². The van der Waals surface area contributed by atoms with Gasteiger partial charge in [-0.05, 0) is 6.92 Å². The van der Waals surface area contributed by atoms with Crippen molar-refractivity contribution in [1.82, 2.24) is 0 Å². The molecule has 1 N–H and O–H groups in total. The first-order chi connectivity index (χ1) is 4.34. The van der Waals surface area contributed by atoms with Crippen LogP contribution < -0.4 is 0 Å². The van der Waals surface area contributed by atoms with Crippen molar-refractivity contribution in [2.24, 2.45) is 5.92 Å². The highest BCUT2D eigenvalue weighted by atomic mass is 16.5. The van der Waals surface area contributed by atoms with Crippen LogP contribution in [0.3, 0.4) is 0 Å². The summed E-state index contributed by atoms with van der Waals surface area (Å²) >= 11 is 0. The number of ether oxygens (including phenoxy) is 1. The van der Waals surface area contributed by atoms with Crippen LogP contribution in [0, 0.1) is 5.92 Å². The summed E-state index contributed by atoms with van der Waals surface area (Å²) < 4.78 is 5.11. The standard InChI is InChI=1S/C7H12O2/c1-6-2-3-9-5-7(6)4-8/h2,7-8H,3-5H2,1H3. The molecule has 0 aromatic carbocycles. The molecule has 0 amide bonds. The van der Waals surface area contributed by atoms with Gasteiger partial charge in [-0.2, -0.15) is 0 Å². The van der Waals surface area contributed by atoms with Gasteiger partial charge >= 0.3 is 0 Å². The molecule has 52 valence electrons. The minimum Gasteiger partial charge on any atom is -0.396 e. The SMILES string of the molecule is CC1=CCOCC1CO. The molecule has 0 saturated carbocycles. The van der Waals surface area contributed by atoms with E-state index >= 15 is 0 Å². The van der Waals surface area contributed by atoms with Gasteiger partial charge in [0.05, 0.1) is 19.8 Å². The zero-order valence-electron chi connectivity index (χ0n) is 5.63. The summed E-state index contributed by atoms with van der Waals surface area (Å²) in [5, 5.41) is 8.74. The summed E-state index contributed by atoms with van der Waals surface area (Å²) in [6.45, 7) is 3.63. The van der Waals surface area contributed by atoms with E-state index in [-0.39, 0.29) is 12.5 Å². The van der Waals surface area contributed by atoms with E-state index in [0.29, 0.717) is 13.2 Å². The molecule has 1 atom stereocenters. The van der Waals surface area contributed by atoms with Gasteiger partial charge in [0.15, 0.2) is 0 Å². The van der Waals surface area contributed by atoms with Crippen LogP contribution in [0.2, 0.25) is 0 Å². The first-order valence-corrected chi connectivity index (χ1v) is 3.20. The van der Waals surface area contributed by atoms with Crippen molar-refractivity contribution < 1.29 is 9.84 Å². The highest BCUT2D eigenvalue weighted by molar-refractivity contribution is 5.05. The predicted molar refractivity (Wildman–Crippen MR) is 35.2 cm³/mol. The molecule has 1 heterocycles. The van der Waals surface area contributed by atoms with E-state index in [2.05, 4.69) is 0 Å². The average Bonchev–Trinajstić information content (AvgIpc) is 1.89. The second-order valence-corrected chi connectivity index (χ2v) is 2.37. The van der Waals surface area contributed by atoms with E-state index in [1.54, 1.807) is 0 Å². The van der Waals surface area contributed by atoms with E-state index in [1.165, 1.54) is 5.57 Å². The molecule has 0 aromatic heterocycles. The third-order valence-corrected chi connectivity index (χ3v) is 1.71. The summed E-state index contributed by atoms with van der Waals surface area (Å²) in [4.78, 5) is 0. The fraction of sp³-hybridized carbons (Fsp3) is 0.714. The van der Waals surface area contributed by atoms with E-state index < -0.39 is 0 Å². The maximum Gasteiger partial charge on any atom is 0.0650 e. The lowest BCUT2D eigenvalue weighted by Gasteiger charge is -2.19. The summed E-state index contributed by atoms with van der Waals surface area (Å²) in [5.74, 6) is 0.249. The zero-order chi connectivity index (χ0) is 6.69. The first kappa shape index (κ1) is 6.78. The zero-order valence-corrected chi connectivity index (χ0v) is 5.63. The van der Waals surface area contributed by atoms with Gasteiger partial charge in [0.1, 0.15) is 0 Å². The Hall–Kier alpha value is -0.340. The maximum atomic E-state index is 8.74.